The molecule has 0 aromatic heterocycles. The molecule has 0 heterocycles. The molecular formula is C12H31N3OSi. The minimum atomic E-state index is -2.26. The smallest absolute Gasteiger partial charge is 0.380 e. The van der Waals surface area contributed by atoms with E-state index in [0.717, 1.165) is 13.0 Å². The summed E-state index contributed by atoms with van der Waals surface area (Å²) in [6.45, 7) is 15.8. The van der Waals surface area contributed by atoms with Crippen molar-refractivity contribution in [2.45, 2.75) is 73.0 Å². The van der Waals surface area contributed by atoms with Gasteiger partial charge in [0, 0.05) is 6.61 Å². The molecule has 4 nitrogen and oxygen atoms in total. The minimum absolute atomic E-state index is 0.399. The van der Waals surface area contributed by atoms with Crippen LogP contribution in [0.4, 0.5) is 0 Å². The summed E-state index contributed by atoms with van der Waals surface area (Å²) in [5.41, 5.74) is 0. The van der Waals surface area contributed by atoms with Crippen molar-refractivity contribution in [3.8, 4) is 0 Å². The third-order valence-electron chi connectivity index (χ3n) is 2.00. The highest BCUT2D eigenvalue weighted by Crippen LogP contribution is 2.01. The van der Waals surface area contributed by atoms with Gasteiger partial charge in [-0.25, -0.2) is 0 Å². The highest BCUT2D eigenvalue weighted by Gasteiger charge is 2.38. The summed E-state index contributed by atoms with van der Waals surface area (Å²) in [5, 5.41) is 0. The quantitative estimate of drug-likeness (QED) is 0.554. The van der Waals surface area contributed by atoms with Gasteiger partial charge in [0.2, 0.25) is 0 Å². The van der Waals surface area contributed by atoms with Crippen LogP contribution >= 0.6 is 0 Å². The van der Waals surface area contributed by atoms with Crippen LogP contribution in [0.15, 0.2) is 0 Å². The van der Waals surface area contributed by atoms with Crippen molar-refractivity contribution in [2.24, 2.45) is 0 Å². The third kappa shape index (κ3) is 7.89. The first-order chi connectivity index (χ1) is 7.81. The van der Waals surface area contributed by atoms with Gasteiger partial charge in [-0.15, -0.1) is 0 Å². The van der Waals surface area contributed by atoms with Gasteiger partial charge in [0.05, 0.1) is 0 Å². The van der Waals surface area contributed by atoms with Crippen molar-refractivity contribution >= 4 is 8.80 Å². The van der Waals surface area contributed by atoms with Crippen molar-refractivity contribution in [2.75, 3.05) is 6.61 Å². The highest BCUT2D eigenvalue weighted by molar-refractivity contribution is 6.66. The molecule has 0 aromatic rings. The molecule has 5 heteroatoms. The van der Waals surface area contributed by atoms with Gasteiger partial charge in [-0.05, 0) is 24.5 Å². The maximum Gasteiger partial charge on any atom is 0.440 e. The van der Waals surface area contributed by atoms with Crippen molar-refractivity contribution in [1.29, 1.82) is 0 Å². The predicted molar refractivity (Wildman–Crippen MR) is 76.8 cm³/mol. The topological polar surface area (TPSA) is 45.3 Å². The predicted octanol–water partition coefficient (Wildman–Crippen LogP) is 1.84. The third-order valence-corrected chi connectivity index (χ3v) is 5.59. The van der Waals surface area contributed by atoms with Crippen LogP contribution in [0.2, 0.25) is 0 Å². The second-order valence-electron chi connectivity index (χ2n) is 5.43. The fourth-order valence-corrected chi connectivity index (χ4v) is 5.17. The molecule has 0 aliphatic carbocycles. The summed E-state index contributed by atoms with van der Waals surface area (Å²) in [4.78, 5) is 10.8. The van der Waals surface area contributed by atoms with Crippen LogP contribution in [-0.4, -0.2) is 33.5 Å². The average Bonchev–Trinajstić information content (AvgIpc) is 2.11. The standard InChI is InChI=1S/C12H31N3OSi/c1-8-9-16-17(13-10(2)3,14-11(4)5)15-12(6)7/h10-15H,8-9H2,1-7H3. The fraction of sp³-hybridized carbons (Fsp3) is 1.00. The van der Waals surface area contributed by atoms with Crippen LogP contribution in [0.1, 0.15) is 54.9 Å². The zero-order valence-electron chi connectivity index (χ0n) is 12.6. The SMILES string of the molecule is CCCO[Si](NC(C)C)(NC(C)C)NC(C)C. The first kappa shape index (κ1) is 17.1. The maximum absolute atomic E-state index is 6.12. The van der Waals surface area contributed by atoms with E-state index in [0.29, 0.717) is 18.1 Å². The largest absolute Gasteiger partial charge is 0.440 e. The Labute approximate surface area is 108 Å². The summed E-state index contributed by atoms with van der Waals surface area (Å²) < 4.78 is 6.12. The highest BCUT2D eigenvalue weighted by atomic mass is 28.4. The number of rotatable bonds is 9. The summed E-state index contributed by atoms with van der Waals surface area (Å²) in [6, 6.07) is 1.20. The van der Waals surface area contributed by atoms with Gasteiger partial charge >= 0.3 is 8.80 Å². The number of hydrogen-bond acceptors (Lipinski definition) is 4. The summed E-state index contributed by atoms with van der Waals surface area (Å²) >= 11 is 0. The van der Waals surface area contributed by atoms with E-state index in [4.69, 9.17) is 4.43 Å². The van der Waals surface area contributed by atoms with E-state index in [1.807, 2.05) is 0 Å². The maximum atomic E-state index is 6.12. The Balaban J connectivity index is 4.76. The molecule has 0 unspecified atom stereocenters. The molecule has 3 N–H and O–H groups in total. The van der Waals surface area contributed by atoms with Crippen molar-refractivity contribution in [1.82, 2.24) is 14.9 Å². The van der Waals surface area contributed by atoms with E-state index in [1.165, 1.54) is 0 Å². The van der Waals surface area contributed by atoms with Gasteiger partial charge < -0.3 is 4.43 Å². The van der Waals surface area contributed by atoms with E-state index in [9.17, 15) is 0 Å². The van der Waals surface area contributed by atoms with Gasteiger partial charge in [-0.3, -0.25) is 14.9 Å². The summed E-state index contributed by atoms with van der Waals surface area (Å²) in [7, 11) is -2.26. The van der Waals surface area contributed by atoms with E-state index < -0.39 is 8.80 Å². The van der Waals surface area contributed by atoms with E-state index in [2.05, 4.69) is 63.4 Å². The van der Waals surface area contributed by atoms with Crippen molar-refractivity contribution in [3.05, 3.63) is 0 Å². The van der Waals surface area contributed by atoms with Crippen molar-refractivity contribution in [3.63, 3.8) is 0 Å². The lowest BCUT2D eigenvalue weighted by molar-refractivity contribution is 0.256. The van der Waals surface area contributed by atoms with Gasteiger partial charge in [-0.2, -0.15) is 0 Å². The Morgan fingerprint density at radius 1 is 0.824 bits per heavy atom. The van der Waals surface area contributed by atoms with Gasteiger partial charge in [0.15, 0.2) is 0 Å². The Bertz CT molecular complexity index is 172. The second-order valence-corrected chi connectivity index (χ2v) is 7.94. The molecule has 0 aliphatic heterocycles. The second kappa shape index (κ2) is 8.21. The molecule has 0 fully saturated rings. The first-order valence-electron chi connectivity index (χ1n) is 6.78. The average molecular weight is 261 g/mol. The monoisotopic (exact) mass is 261 g/mol. The van der Waals surface area contributed by atoms with Crippen LogP contribution in [0.3, 0.4) is 0 Å². The lowest BCUT2D eigenvalue weighted by atomic mass is 10.4. The van der Waals surface area contributed by atoms with Gasteiger partial charge in [0.25, 0.3) is 0 Å². The molecule has 0 saturated carbocycles. The fourth-order valence-electron chi connectivity index (χ4n) is 1.72. The number of hydrogen-bond donors (Lipinski definition) is 3. The molecule has 0 amide bonds. The lowest BCUT2D eigenvalue weighted by Gasteiger charge is -2.37. The molecule has 0 aromatic carbocycles. The van der Waals surface area contributed by atoms with Crippen LogP contribution in [0, 0.1) is 0 Å². The molecule has 0 spiro atoms. The van der Waals surface area contributed by atoms with E-state index in [1.54, 1.807) is 0 Å². The Hall–Kier alpha value is 0.0569. The van der Waals surface area contributed by atoms with Gasteiger partial charge in [-0.1, -0.05) is 48.5 Å². The normalized spacial score (nSPS) is 13.1. The Morgan fingerprint density at radius 3 is 1.41 bits per heavy atom. The molecular weight excluding hydrogens is 230 g/mol. The molecule has 0 rings (SSSR count). The van der Waals surface area contributed by atoms with Crippen LogP contribution in [0.25, 0.3) is 0 Å². The van der Waals surface area contributed by atoms with Crippen LogP contribution in [-0.2, 0) is 4.43 Å². The Kier molecular flexibility index (Phi) is 8.24. The minimum Gasteiger partial charge on any atom is -0.380 e. The molecule has 0 saturated heterocycles. The summed E-state index contributed by atoms with van der Waals surface area (Å²) in [5.74, 6) is 0. The van der Waals surface area contributed by atoms with Crippen LogP contribution in [0.5, 0.6) is 0 Å². The van der Waals surface area contributed by atoms with Crippen LogP contribution < -0.4 is 14.9 Å². The van der Waals surface area contributed by atoms with Crippen molar-refractivity contribution < 1.29 is 4.43 Å². The number of nitrogens with one attached hydrogen (secondary N) is 3. The van der Waals surface area contributed by atoms with E-state index in [-0.39, 0.29) is 0 Å². The zero-order chi connectivity index (χ0) is 13.5. The molecule has 17 heavy (non-hydrogen) atoms. The molecule has 0 bridgehead atoms. The van der Waals surface area contributed by atoms with Gasteiger partial charge in [0.1, 0.15) is 0 Å². The summed E-state index contributed by atoms with van der Waals surface area (Å²) in [6.07, 6.45) is 1.04. The molecule has 0 radical (unpaired) electrons. The lowest BCUT2D eigenvalue weighted by Crippen LogP contribution is -2.78. The Morgan fingerprint density at radius 2 is 1.18 bits per heavy atom. The van der Waals surface area contributed by atoms with E-state index >= 15 is 0 Å². The zero-order valence-corrected chi connectivity index (χ0v) is 13.6. The molecule has 0 atom stereocenters. The first-order valence-corrected chi connectivity index (χ1v) is 8.69. The molecule has 0 aliphatic rings. The molecule has 104 valence electrons.